The van der Waals surface area contributed by atoms with Crippen LogP contribution in [0.25, 0.3) is 0 Å². The fraction of sp³-hybridized carbons (Fsp3) is 0.467. The van der Waals surface area contributed by atoms with Gasteiger partial charge in [-0.2, -0.15) is 4.99 Å². The maximum absolute atomic E-state index is 5.86. The third kappa shape index (κ3) is 3.73. The summed E-state index contributed by atoms with van der Waals surface area (Å²) in [5.41, 5.74) is 13.7. The molecule has 20 heavy (non-hydrogen) atoms. The van der Waals surface area contributed by atoms with Gasteiger partial charge in [0.2, 0.25) is 11.9 Å². The lowest BCUT2D eigenvalue weighted by molar-refractivity contribution is 0.444. The lowest BCUT2D eigenvalue weighted by Crippen LogP contribution is -2.27. The zero-order valence-electron chi connectivity index (χ0n) is 12.0. The van der Waals surface area contributed by atoms with Crippen molar-refractivity contribution in [2.24, 2.45) is 21.5 Å². The summed E-state index contributed by atoms with van der Waals surface area (Å²) in [5, 5.41) is 3.14. The highest BCUT2D eigenvalue weighted by molar-refractivity contribution is 6.00. The lowest BCUT2D eigenvalue weighted by atomic mass is 9.83. The first-order valence-corrected chi connectivity index (χ1v) is 7.13. The van der Waals surface area contributed by atoms with Gasteiger partial charge in [-0.3, -0.25) is 4.99 Å². The standard InChI is InChI=1S/C15H23N5/c1-18-14(16)20-15(17)19-13-10-6-5-9-12(13)11-7-3-2-4-8-11/h5-6,9-11H,2-4,7-8H2,1H3,(H5,16,17,18,19,20). The molecule has 5 nitrogen and oxygen atoms in total. The Hall–Kier alpha value is -2.04. The fourth-order valence-corrected chi connectivity index (χ4v) is 2.72. The highest BCUT2D eigenvalue weighted by atomic mass is 15.2. The van der Waals surface area contributed by atoms with Crippen LogP contribution < -0.4 is 16.8 Å². The van der Waals surface area contributed by atoms with Crippen molar-refractivity contribution in [2.75, 3.05) is 12.4 Å². The van der Waals surface area contributed by atoms with Crippen LogP contribution in [0.4, 0.5) is 5.69 Å². The van der Waals surface area contributed by atoms with Crippen molar-refractivity contribution in [3.05, 3.63) is 29.8 Å². The Bertz CT molecular complexity index is 501. The molecule has 5 heteroatoms. The minimum atomic E-state index is 0.171. The van der Waals surface area contributed by atoms with Crippen LogP contribution in [0, 0.1) is 0 Å². The fourth-order valence-electron chi connectivity index (χ4n) is 2.72. The van der Waals surface area contributed by atoms with E-state index in [0.717, 1.165) is 5.69 Å². The average molecular weight is 273 g/mol. The third-order valence-electron chi connectivity index (χ3n) is 3.73. The van der Waals surface area contributed by atoms with E-state index in [1.54, 1.807) is 7.05 Å². The molecule has 1 aliphatic rings. The Morgan fingerprint density at radius 2 is 1.85 bits per heavy atom. The Kier molecular flexibility index (Phi) is 4.98. The molecule has 0 saturated heterocycles. The number of nitrogens with zero attached hydrogens (tertiary/aromatic N) is 2. The van der Waals surface area contributed by atoms with Gasteiger partial charge in [0.05, 0.1) is 0 Å². The van der Waals surface area contributed by atoms with E-state index in [2.05, 4.69) is 27.4 Å². The number of aliphatic imine (C=N–C) groups is 2. The van der Waals surface area contributed by atoms with Gasteiger partial charge in [0.1, 0.15) is 0 Å². The largest absolute Gasteiger partial charge is 0.369 e. The lowest BCUT2D eigenvalue weighted by Gasteiger charge is -2.24. The second-order valence-electron chi connectivity index (χ2n) is 5.13. The van der Waals surface area contributed by atoms with E-state index in [-0.39, 0.29) is 11.9 Å². The van der Waals surface area contributed by atoms with Crippen LogP contribution in [-0.2, 0) is 0 Å². The van der Waals surface area contributed by atoms with Crippen LogP contribution in [-0.4, -0.2) is 19.0 Å². The molecular formula is C15H23N5. The highest BCUT2D eigenvalue weighted by Gasteiger charge is 2.18. The van der Waals surface area contributed by atoms with E-state index in [9.17, 15) is 0 Å². The molecule has 0 heterocycles. The number of nitrogens with two attached hydrogens (primary N) is 2. The van der Waals surface area contributed by atoms with Crippen molar-refractivity contribution in [2.45, 2.75) is 38.0 Å². The summed E-state index contributed by atoms with van der Waals surface area (Å²) in [7, 11) is 1.59. The summed E-state index contributed by atoms with van der Waals surface area (Å²) >= 11 is 0. The average Bonchev–Trinajstić information content (AvgIpc) is 2.48. The molecule has 1 aromatic rings. The Morgan fingerprint density at radius 3 is 2.55 bits per heavy atom. The molecule has 1 fully saturated rings. The maximum atomic E-state index is 5.86. The monoisotopic (exact) mass is 273 g/mol. The summed E-state index contributed by atoms with van der Waals surface area (Å²) in [5.74, 6) is 1.05. The minimum absolute atomic E-state index is 0.171. The Morgan fingerprint density at radius 1 is 1.15 bits per heavy atom. The first kappa shape index (κ1) is 14.4. The number of rotatable bonds is 2. The quantitative estimate of drug-likeness (QED) is 0.571. The van der Waals surface area contributed by atoms with Crippen LogP contribution >= 0.6 is 0 Å². The second kappa shape index (κ2) is 6.93. The molecule has 1 saturated carbocycles. The predicted molar refractivity (Wildman–Crippen MR) is 85.1 cm³/mol. The second-order valence-corrected chi connectivity index (χ2v) is 5.13. The number of hydrogen-bond donors (Lipinski definition) is 3. The molecular weight excluding hydrogens is 250 g/mol. The number of para-hydroxylation sites is 1. The van der Waals surface area contributed by atoms with Gasteiger partial charge >= 0.3 is 0 Å². The van der Waals surface area contributed by atoms with Crippen molar-refractivity contribution < 1.29 is 0 Å². The van der Waals surface area contributed by atoms with Gasteiger partial charge in [0.15, 0.2) is 0 Å². The van der Waals surface area contributed by atoms with Crippen LogP contribution in [0.15, 0.2) is 34.3 Å². The zero-order chi connectivity index (χ0) is 14.4. The molecule has 2 rings (SSSR count). The van der Waals surface area contributed by atoms with Gasteiger partial charge in [-0.15, -0.1) is 0 Å². The van der Waals surface area contributed by atoms with E-state index in [4.69, 9.17) is 11.5 Å². The minimum Gasteiger partial charge on any atom is -0.369 e. The van der Waals surface area contributed by atoms with E-state index in [0.29, 0.717) is 5.92 Å². The SMILES string of the molecule is CN=C(N)N=C(N)Nc1ccccc1C1CCCCC1. The van der Waals surface area contributed by atoms with Crippen LogP contribution in [0.5, 0.6) is 0 Å². The van der Waals surface area contributed by atoms with Crippen molar-refractivity contribution in [3.63, 3.8) is 0 Å². The number of anilines is 1. The molecule has 1 aliphatic carbocycles. The Labute approximate surface area is 120 Å². The molecule has 0 atom stereocenters. The predicted octanol–water partition coefficient (Wildman–Crippen LogP) is 2.41. The number of benzene rings is 1. The van der Waals surface area contributed by atoms with E-state index >= 15 is 0 Å². The van der Waals surface area contributed by atoms with Crippen LogP contribution in [0.2, 0.25) is 0 Å². The number of nitrogens with one attached hydrogen (secondary N) is 1. The van der Waals surface area contributed by atoms with Gasteiger partial charge < -0.3 is 16.8 Å². The molecule has 0 radical (unpaired) electrons. The first-order valence-electron chi connectivity index (χ1n) is 7.13. The summed E-state index contributed by atoms with van der Waals surface area (Å²) < 4.78 is 0. The molecule has 0 aromatic heterocycles. The molecule has 108 valence electrons. The molecule has 0 spiro atoms. The summed E-state index contributed by atoms with van der Waals surface area (Å²) in [6, 6.07) is 8.28. The highest BCUT2D eigenvalue weighted by Crippen LogP contribution is 2.36. The van der Waals surface area contributed by atoms with Gasteiger partial charge in [0.25, 0.3) is 0 Å². The molecule has 0 amide bonds. The Balaban J connectivity index is 2.17. The molecule has 0 bridgehead atoms. The van der Waals surface area contributed by atoms with Gasteiger partial charge in [-0.05, 0) is 30.4 Å². The zero-order valence-corrected chi connectivity index (χ0v) is 12.0. The summed E-state index contributed by atoms with van der Waals surface area (Å²) in [6.45, 7) is 0. The maximum Gasteiger partial charge on any atom is 0.218 e. The summed E-state index contributed by atoms with van der Waals surface area (Å²) in [4.78, 5) is 7.76. The molecule has 0 unspecified atom stereocenters. The van der Waals surface area contributed by atoms with Crippen LogP contribution in [0.3, 0.4) is 0 Å². The van der Waals surface area contributed by atoms with Crippen molar-refractivity contribution in [1.29, 1.82) is 0 Å². The summed E-state index contributed by atoms with van der Waals surface area (Å²) in [6.07, 6.45) is 6.44. The number of guanidine groups is 2. The van der Waals surface area contributed by atoms with E-state index in [1.807, 2.05) is 12.1 Å². The van der Waals surface area contributed by atoms with Crippen molar-refractivity contribution in [3.8, 4) is 0 Å². The van der Waals surface area contributed by atoms with Crippen LogP contribution in [0.1, 0.15) is 43.6 Å². The van der Waals surface area contributed by atoms with E-state index in [1.165, 1.54) is 37.7 Å². The van der Waals surface area contributed by atoms with Gasteiger partial charge in [-0.1, -0.05) is 37.5 Å². The third-order valence-corrected chi connectivity index (χ3v) is 3.73. The smallest absolute Gasteiger partial charge is 0.218 e. The van der Waals surface area contributed by atoms with E-state index < -0.39 is 0 Å². The van der Waals surface area contributed by atoms with Gasteiger partial charge in [-0.25, -0.2) is 0 Å². The molecule has 0 aliphatic heterocycles. The topological polar surface area (TPSA) is 88.8 Å². The van der Waals surface area contributed by atoms with Crippen molar-refractivity contribution in [1.82, 2.24) is 0 Å². The number of hydrogen-bond acceptors (Lipinski definition) is 1. The first-order chi connectivity index (χ1) is 9.70. The molecule has 1 aromatic carbocycles. The molecule has 5 N–H and O–H groups in total. The van der Waals surface area contributed by atoms with Gasteiger partial charge in [0, 0.05) is 12.7 Å². The van der Waals surface area contributed by atoms with Crippen molar-refractivity contribution >= 4 is 17.6 Å². The normalized spacial score (nSPS) is 18.1.